The van der Waals surface area contributed by atoms with Gasteiger partial charge in [-0.3, -0.25) is 0 Å². The second-order valence-corrected chi connectivity index (χ2v) is 5.31. The highest BCUT2D eigenvalue weighted by Gasteiger charge is 2.13. The molecular weight excluding hydrogens is 284 g/mol. The monoisotopic (exact) mass is 298 g/mol. The van der Waals surface area contributed by atoms with E-state index in [1.54, 1.807) is 19.2 Å². The minimum atomic E-state index is -0.710. The van der Waals surface area contributed by atoms with Gasteiger partial charge in [-0.25, -0.2) is 0 Å². The number of aliphatic hydroxyl groups excluding tert-OH is 1. The number of hydrogen-bond acceptors (Lipinski definition) is 2. The van der Waals surface area contributed by atoms with Gasteiger partial charge in [0.1, 0.15) is 11.9 Å². The zero-order valence-corrected chi connectivity index (χ0v) is 12.3. The molecule has 1 N–H and O–H groups in total. The van der Waals surface area contributed by atoms with E-state index in [2.05, 4.69) is 6.07 Å². The summed E-state index contributed by atoms with van der Waals surface area (Å²) in [4.78, 5) is 0. The minimum Gasteiger partial charge on any atom is -0.495 e. The Hall–Kier alpha value is -2.03. The Bertz CT molecular complexity index is 783. The van der Waals surface area contributed by atoms with Crippen LogP contribution in [0.3, 0.4) is 0 Å². The van der Waals surface area contributed by atoms with Crippen LogP contribution in [0, 0.1) is 0 Å². The predicted molar refractivity (Wildman–Crippen MR) is 86.0 cm³/mol. The number of fused-ring (bicyclic) bond motifs is 1. The average Bonchev–Trinajstić information content (AvgIpc) is 2.53. The highest BCUT2D eigenvalue weighted by Crippen LogP contribution is 2.31. The standard InChI is InChI=1S/C18H15ClO2/c1-21-17-9-8-15(11-16(17)19)18(20)14-7-6-12-4-2-3-5-13(12)10-14/h2-11,18,20H,1H3. The van der Waals surface area contributed by atoms with Gasteiger partial charge in [0.15, 0.2) is 0 Å². The molecule has 1 unspecified atom stereocenters. The molecule has 3 heteroatoms. The average molecular weight is 299 g/mol. The van der Waals surface area contributed by atoms with Crippen molar-refractivity contribution in [3.63, 3.8) is 0 Å². The van der Waals surface area contributed by atoms with Crippen molar-refractivity contribution in [1.82, 2.24) is 0 Å². The first kappa shape index (κ1) is 13.9. The number of benzene rings is 3. The van der Waals surface area contributed by atoms with Crippen LogP contribution >= 0.6 is 11.6 Å². The lowest BCUT2D eigenvalue weighted by molar-refractivity contribution is 0.220. The van der Waals surface area contributed by atoms with Crippen LogP contribution in [0.4, 0.5) is 0 Å². The number of hydrogen-bond donors (Lipinski definition) is 1. The van der Waals surface area contributed by atoms with Crippen molar-refractivity contribution in [3.05, 3.63) is 76.8 Å². The summed E-state index contributed by atoms with van der Waals surface area (Å²) in [6.07, 6.45) is -0.710. The van der Waals surface area contributed by atoms with Crippen LogP contribution < -0.4 is 4.74 Å². The summed E-state index contributed by atoms with van der Waals surface area (Å²) in [6.45, 7) is 0. The lowest BCUT2D eigenvalue weighted by Gasteiger charge is -2.14. The number of methoxy groups -OCH3 is 1. The molecule has 0 saturated heterocycles. The van der Waals surface area contributed by atoms with Crippen molar-refractivity contribution in [2.24, 2.45) is 0 Å². The number of rotatable bonds is 3. The maximum atomic E-state index is 10.5. The molecule has 106 valence electrons. The van der Waals surface area contributed by atoms with E-state index in [0.29, 0.717) is 10.8 Å². The van der Waals surface area contributed by atoms with Gasteiger partial charge in [0.05, 0.1) is 12.1 Å². The fraction of sp³-hybridized carbons (Fsp3) is 0.111. The summed E-state index contributed by atoms with van der Waals surface area (Å²) in [5.41, 5.74) is 1.59. The van der Waals surface area contributed by atoms with Gasteiger partial charge in [-0.2, -0.15) is 0 Å². The molecule has 0 heterocycles. The molecule has 3 rings (SSSR count). The SMILES string of the molecule is COc1ccc(C(O)c2ccc3ccccc3c2)cc1Cl. The van der Waals surface area contributed by atoms with E-state index < -0.39 is 6.10 Å². The number of halogens is 1. The first-order chi connectivity index (χ1) is 10.2. The number of aliphatic hydroxyl groups is 1. The van der Waals surface area contributed by atoms with E-state index in [-0.39, 0.29) is 0 Å². The van der Waals surface area contributed by atoms with Gasteiger partial charge in [-0.15, -0.1) is 0 Å². The molecule has 2 nitrogen and oxygen atoms in total. The van der Waals surface area contributed by atoms with E-state index in [0.717, 1.165) is 21.9 Å². The van der Waals surface area contributed by atoms with Crippen LogP contribution in [0.2, 0.25) is 5.02 Å². The molecule has 0 aromatic heterocycles. The van der Waals surface area contributed by atoms with Crippen LogP contribution in [0.15, 0.2) is 60.7 Å². The molecule has 0 saturated carbocycles. The minimum absolute atomic E-state index is 0.495. The second kappa shape index (κ2) is 5.76. The first-order valence-electron chi connectivity index (χ1n) is 6.69. The molecule has 0 bridgehead atoms. The Morgan fingerprint density at radius 1 is 0.905 bits per heavy atom. The third-order valence-corrected chi connectivity index (χ3v) is 3.88. The third kappa shape index (κ3) is 2.73. The quantitative estimate of drug-likeness (QED) is 0.766. The largest absolute Gasteiger partial charge is 0.495 e. The van der Waals surface area contributed by atoms with Crippen LogP contribution in [-0.2, 0) is 0 Å². The van der Waals surface area contributed by atoms with E-state index in [1.807, 2.05) is 42.5 Å². The van der Waals surface area contributed by atoms with Gasteiger partial charge >= 0.3 is 0 Å². The van der Waals surface area contributed by atoms with Crippen molar-refractivity contribution in [2.75, 3.05) is 7.11 Å². The summed E-state index contributed by atoms with van der Waals surface area (Å²) >= 11 is 6.12. The zero-order valence-electron chi connectivity index (χ0n) is 11.6. The van der Waals surface area contributed by atoms with Crippen molar-refractivity contribution >= 4 is 22.4 Å². The molecule has 0 radical (unpaired) electrons. The molecule has 0 fully saturated rings. The van der Waals surface area contributed by atoms with Gasteiger partial charge in [0, 0.05) is 0 Å². The summed E-state index contributed by atoms with van der Waals surface area (Å²) in [5, 5.41) is 13.3. The van der Waals surface area contributed by atoms with Crippen LogP contribution in [0.5, 0.6) is 5.75 Å². The van der Waals surface area contributed by atoms with Gasteiger partial charge in [0.25, 0.3) is 0 Å². The maximum absolute atomic E-state index is 10.5. The second-order valence-electron chi connectivity index (χ2n) is 4.90. The normalized spacial score (nSPS) is 12.3. The molecule has 0 aliphatic carbocycles. The van der Waals surface area contributed by atoms with Crippen molar-refractivity contribution in [3.8, 4) is 5.75 Å². The highest BCUT2D eigenvalue weighted by molar-refractivity contribution is 6.32. The Morgan fingerprint density at radius 2 is 1.57 bits per heavy atom. The molecule has 0 aliphatic rings. The maximum Gasteiger partial charge on any atom is 0.137 e. The fourth-order valence-electron chi connectivity index (χ4n) is 2.42. The summed E-state index contributed by atoms with van der Waals surface area (Å²) in [7, 11) is 1.57. The molecule has 3 aromatic carbocycles. The first-order valence-corrected chi connectivity index (χ1v) is 7.07. The summed E-state index contributed by atoms with van der Waals surface area (Å²) in [6, 6.07) is 19.3. The lowest BCUT2D eigenvalue weighted by Crippen LogP contribution is -2.00. The van der Waals surface area contributed by atoms with E-state index in [9.17, 15) is 5.11 Å². The van der Waals surface area contributed by atoms with Crippen LogP contribution in [0.25, 0.3) is 10.8 Å². The Morgan fingerprint density at radius 3 is 2.29 bits per heavy atom. The molecule has 21 heavy (non-hydrogen) atoms. The zero-order chi connectivity index (χ0) is 14.8. The Labute approximate surface area is 128 Å². The topological polar surface area (TPSA) is 29.5 Å². The number of ether oxygens (including phenoxy) is 1. The molecule has 0 amide bonds. The van der Waals surface area contributed by atoms with Crippen molar-refractivity contribution < 1.29 is 9.84 Å². The molecule has 3 aromatic rings. The van der Waals surface area contributed by atoms with Gasteiger partial charge < -0.3 is 9.84 Å². The van der Waals surface area contributed by atoms with E-state index >= 15 is 0 Å². The Kier molecular flexibility index (Phi) is 3.82. The fourth-order valence-corrected chi connectivity index (χ4v) is 2.69. The molecule has 0 aliphatic heterocycles. The van der Waals surface area contributed by atoms with E-state index in [4.69, 9.17) is 16.3 Å². The predicted octanol–water partition coefficient (Wildman–Crippen LogP) is 4.58. The molecular formula is C18H15ClO2. The third-order valence-electron chi connectivity index (χ3n) is 3.58. The van der Waals surface area contributed by atoms with Crippen molar-refractivity contribution in [1.29, 1.82) is 0 Å². The molecule has 1 atom stereocenters. The lowest BCUT2D eigenvalue weighted by atomic mass is 9.98. The highest BCUT2D eigenvalue weighted by atomic mass is 35.5. The smallest absolute Gasteiger partial charge is 0.137 e. The summed E-state index contributed by atoms with van der Waals surface area (Å²) < 4.78 is 5.13. The van der Waals surface area contributed by atoms with Crippen LogP contribution in [0.1, 0.15) is 17.2 Å². The van der Waals surface area contributed by atoms with Gasteiger partial charge in [0.2, 0.25) is 0 Å². The van der Waals surface area contributed by atoms with E-state index in [1.165, 1.54) is 0 Å². The van der Waals surface area contributed by atoms with Crippen molar-refractivity contribution in [2.45, 2.75) is 6.10 Å². The Balaban J connectivity index is 1.99. The van der Waals surface area contributed by atoms with Gasteiger partial charge in [-0.1, -0.05) is 54.1 Å². The summed E-state index contributed by atoms with van der Waals surface area (Å²) in [5.74, 6) is 0.603. The van der Waals surface area contributed by atoms with Gasteiger partial charge in [-0.05, 0) is 40.1 Å². The molecule has 0 spiro atoms. The van der Waals surface area contributed by atoms with Crippen LogP contribution in [-0.4, -0.2) is 12.2 Å².